The van der Waals surface area contributed by atoms with Crippen molar-refractivity contribution < 1.29 is 4.79 Å². The molecule has 0 spiro atoms. The number of rotatable bonds is 2. The molecular weight excluding hydrogens is 202 g/mol. The maximum absolute atomic E-state index is 11.4. The zero-order valence-corrected chi connectivity index (χ0v) is 8.69. The van der Waals surface area contributed by atoms with E-state index in [1.165, 1.54) is 18.6 Å². The van der Waals surface area contributed by atoms with Crippen molar-refractivity contribution in [2.45, 2.75) is 0 Å². The van der Waals surface area contributed by atoms with E-state index < -0.39 is 0 Å². The molecule has 74 valence electrons. The lowest BCUT2D eigenvalue weighted by atomic mass is 10.2. The minimum absolute atomic E-state index is 0.288. The average molecular weight is 212 g/mol. The third-order valence-corrected chi connectivity index (χ3v) is 1.59. The first-order valence-electron chi connectivity index (χ1n) is 3.96. The Balaban J connectivity index is 2.80. The largest absolute Gasteiger partial charge is 0.369 e. The van der Waals surface area contributed by atoms with Gasteiger partial charge in [0.15, 0.2) is 0 Å². The fourth-order valence-electron chi connectivity index (χ4n) is 0.778. The molecule has 0 aliphatic heterocycles. The second-order valence-electron chi connectivity index (χ2n) is 2.88. The van der Waals surface area contributed by atoms with Gasteiger partial charge in [-0.25, -0.2) is 4.98 Å². The summed E-state index contributed by atoms with van der Waals surface area (Å²) in [5.74, 6) is -0.331. The molecule has 0 saturated heterocycles. The van der Waals surface area contributed by atoms with Crippen molar-refractivity contribution in [1.29, 1.82) is 0 Å². The van der Waals surface area contributed by atoms with E-state index in [1.807, 2.05) is 0 Å². The van der Waals surface area contributed by atoms with Gasteiger partial charge in [-0.1, -0.05) is 11.6 Å². The first-order valence-corrected chi connectivity index (χ1v) is 4.34. The van der Waals surface area contributed by atoms with Gasteiger partial charge in [-0.2, -0.15) is 4.99 Å². The van der Waals surface area contributed by atoms with Gasteiger partial charge in [0.05, 0.1) is 6.34 Å². The summed E-state index contributed by atoms with van der Waals surface area (Å²) in [6, 6.07) is 3.05. The topological polar surface area (TPSA) is 45.6 Å². The number of aromatic nitrogens is 1. The van der Waals surface area contributed by atoms with Crippen LogP contribution in [0.1, 0.15) is 10.4 Å². The SMILES string of the molecule is CN(C)C=NC(=O)c1ccnc(Cl)c1. The molecule has 0 atom stereocenters. The van der Waals surface area contributed by atoms with Crippen LogP contribution in [0.15, 0.2) is 23.3 Å². The van der Waals surface area contributed by atoms with Crippen molar-refractivity contribution in [3.8, 4) is 0 Å². The number of hydrogen-bond donors (Lipinski definition) is 0. The fraction of sp³-hybridized carbons (Fsp3) is 0.222. The van der Waals surface area contributed by atoms with Crippen molar-refractivity contribution >= 4 is 23.8 Å². The number of carbonyl (C=O) groups excluding carboxylic acids is 1. The quantitative estimate of drug-likeness (QED) is 0.423. The van der Waals surface area contributed by atoms with E-state index in [4.69, 9.17) is 11.6 Å². The number of amides is 1. The molecule has 1 aromatic rings. The lowest BCUT2D eigenvalue weighted by Crippen LogP contribution is -2.09. The predicted octanol–water partition coefficient (Wildman–Crippen LogP) is 1.47. The molecule has 0 aliphatic rings. The molecule has 0 N–H and O–H groups in total. The summed E-state index contributed by atoms with van der Waals surface area (Å²) >= 11 is 5.63. The van der Waals surface area contributed by atoms with Crippen LogP contribution in [0.2, 0.25) is 5.15 Å². The molecule has 14 heavy (non-hydrogen) atoms. The average Bonchev–Trinajstić information content (AvgIpc) is 2.14. The standard InChI is InChI=1S/C9H10ClN3O/c1-13(2)6-12-9(14)7-3-4-11-8(10)5-7/h3-6H,1-2H3. The summed E-state index contributed by atoms with van der Waals surface area (Å²) < 4.78 is 0. The van der Waals surface area contributed by atoms with E-state index in [0.29, 0.717) is 5.56 Å². The van der Waals surface area contributed by atoms with Crippen LogP contribution in [0.25, 0.3) is 0 Å². The maximum Gasteiger partial charge on any atom is 0.278 e. The van der Waals surface area contributed by atoms with Crippen molar-refractivity contribution in [3.05, 3.63) is 29.0 Å². The summed E-state index contributed by atoms with van der Waals surface area (Å²) in [6.45, 7) is 0. The van der Waals surface area contributed by atoms with Crippen molar-refractivity contribution in [1.82, 2.24) is 9.88 Å². The van der Waals surface area contributed by atoms with E-state index in [-0.39, 0.29) is 11.1 Å². The highest BCUT2D eigenvalue weighted by molar-refractivity contribution is 6.29. The highest BCUT2D eigenvalue weighted by atomic mass is 35.5. The monoisotopic (exact) mass is 211 g/mol. The van der Waals surface area contributed by atoms with E-state index in [9.17, 15) is 4.79 Å². The Hall–Kier alpha value is -1.42. The molecular formula is C9H10ClN3O. The van der Waals surface area contributed by atoms with Gasteiger partial charge < -0.3 is 4.90 Å². The second-order valence-corrected chi connectivity index (χ2v) is 3.27. The lowest BCUT2D eigenvalue weighted by Gasteiger charge is -2.01. The number of nitrogens with zero attached hydrogens (tertiary/aromatic N) is 3. The minimum atomic E-state index is -0.331. The minimum Gasteiger partial charge on any atom is -0.369 e. The third kappa shape index (κ3) is 3.14. The molecule has 0 saturated carbocycles. The van der Waals surface area contributed by atoms with Crippen LogP contribution in [-0.2, 0) is 0 Å². The van der Waals surface area contributed by atoms with E-state index >= 15 is 0 Å². The normalized spacial score (nSPS) is 10.5. The Morgan fingerprint density at radius 1 is 1.64 bits per heavy atom. The molecule has 0 aliphatic carbocycles. The van der Waals surface area contributed by atoms with Gasteiger partial charge in [0.1, 0.15) is 5.15 Å². The number of halogens is 1. The van der Waals surface area contributed by atoms with E-state index in [1.54, 1.807) is 25.1 Å². The molecule has 0 unspecified atom stereocenters. The van der Waals surface area contributed by atoms with Crippen LogP contribution < -0.4 is 0 Å². The predicted molar refractivity (Wildman–Crippen MR) is 55.8 cm³/mol. The summed E-state index contributed by atoms with van der Waals surface area (Å²) in [7, 11) is 3.58. The summed E-state index contributed by atoms with van der Waals surface area (Å²) in [4.78, 5) is 20.6. The van der Waals surface area contributed by atoms with Crippen LogP contribution in [-0.4, -0.2) is 36.2 Å². The molecule has 1 rings (SSSR count). The van der Waals surface area contributed by atoms with Crippen LogP contribution in [0.4, 0.5) is 0 Å². The smallest absolute Gasteiger partial charge is 0.278 e. The van der Waals surface area contributed by atoms with Crippen molar-refractivity contribution in [2.24, 2.45) is 4.99 Å². The molecule has 0 fully saturated rings. The zero-order chi connectivity index (χ0) is 10.6. The first-order chi connectivity index (χ1) is 6.59. The molecule has 0 bridgehead atoms. The van der Waals surface area contributed by atoms with Crippen molar-refractivity contribution in [2.75, 3.05) is 14.1 Å². The molecule has 1 aromatic heterocycles. The lowest BCUT2D eigenvalue weighted by molar-refractivity contribution is 0.100. The Morgan fingerprint density at radius 3 is 2.93 bits per heavy atom. The Bertz CT molecular complexity index is 363. The molecule has 0 aromatic carbocycles. The van der Waals surface area contributed by atoms with Gasteiger partial charge >= 0.3 is 0 Å². The third-order valence-electron chi connectivity index (χ3n) is 1.38. The van der Waals surface area contributed by atoms with Crippen LogP contribution in [0, 0.1) is 0 Å². The van der Waals surface area contributed by atoms with Crippen LogP contribution in [0.3, 0.4) is 0 Å². The number of carbonyl (C=O) groups is 1. The first kappa shape index (κ1) is 10.7. The second kappa shape index (κ2) is 4.72. The summed E-state index contributed by atoms with van der Waals surface area (Å²) in [6.07, 6.45) is 2.91. The van der Waals surface area contributed by atoms with Crippen LogP contribution >= 0.6 is 11.6 Å². The number of hydrogen-bond acceptors (Lipinski definition) is 2. The van der Waals surface area contributed by atoms with Gasteiger partial charge in [-0.15, -0.1) is 0 Å². The summed E-state index contributed by atoms with van der Waals surface area (Å²) in [5, 5.41) is 0.288. The van der Waals surface area contributed by atoms with E-state index in [0.717, 1.165) is 0 Å². The maximum atomic E-state index is 11.4. The number of pyridine rings is 1. The molecule has 0 radical (unpaired) electrons. The van der Waals surface area contributed by atoms with Gasteiger partial charge in [-0.3, -0.25) is 4.79 Å². The van der Waals surface area contributed by atoms with E-state index in [2.05, 4.69) is 9.98 Å². The molecule has 1 amide bonds. The van der Waals surface area contributed by atoms with Crippen LogP contribution in [0.5, 0.6) is 0 Å². The Morgan fingerprint density at radius 2 is 2.36 bits per heavy atom. The Labute approximate surface area is 87.2 Å². The van der Waals surface area contributed by atoms with Gasteiger partial charge in [0.2, 0.25) is 0 Å². The van der Waals surface area contributed by atoms with Crippen molar-refractivity contribution in [3.63, 3.8) is 0 Å². The fourth-order valence-corrected chi connectivity index (χ4v) is 0.952. The molecule has 4 nitrogen and oxygen atoms in total. The van der Waals surface area contributed by atoms with Gasteiger partial charge in [-0.05, 0) is 12.1 Å². The highest BCUT2D eigenvalue weighted by Gasteiger charge is 2.03. The molecule has 5 heteroatoms. The highest BCUT2D eigenvalue weighted by Crippen LogP contribution is 2.07. The molecule has 1 heterocycles. The Kier molecular flexibility index (Phi) is 3.59. The van der Waals surface area contributed by atoms with Gasteiger partial charge in [0.25, 0.3) is 5.91 Å². The number of aliphatic imine (C=N–C) groups is 1. The van der Waals surface area contributed by atoms with Gasteiger partial charge in [0, 0.05) is 25.9 Å². The summed E-state index contributed by atoms with van der Waals surface area (Å²) in [5.41, 5.74) is 0.433. The zero-order valence-electron chi connectivity index (χ0n) is 7.94.